The van der Waals surface area contributed by atoms with Crippen LogP contribution in [0.2, 0.25) is 20.1 Å². The molecule has 0 radical (unpaired) electrons. The Labute approximate surface area is 278 Å². The predicted octanol–water partition coefficient (Wildman–Crippen LogP) is 10.3. The lowest BCUT2D eigenvalue weighted by Crippen LogP contribution is -2.18. The molecule has 0 atom stereocenters. The Balaban J connectivity index is 1.39. The van der Waals surface area contributed by atoms with Gasteiger partial charge in [0.1, 0.15) is 5.69 Å². The highest BCUT2D eigenvalue weighted by Gasteiger charge is 2.21. The van der Waals surface area contributed by atoms with E-state index in [2.05, 4.69) is 27.6 Å². The molecule has 0 bridgehead atoms. The van der Waals surface area contributed by atoms with E-state index in [0.29, 0.717) is 33.7 Å². The first kappa shape index (κ1) is 34.0. The smallest absolute Gasteiger partial charge is 0.297 e. The minimum atomic E-state index is -0.441. The number of amides is 1. The van der Waals surface area contributed by atoms with Crippen molar-refractivity contribution in [1.82, 2.24) is 19.3 Å². The first-order valence-corrected chi connectivity index (χ1v) is 16.6. The number of unbranched alkanes of at least 4 members (excludes halogenated alkanes) is 10. The third-order valence-electron chi connectivity index (χ3n) is 7.35. The van der Waals surface area contributed by atoms with Crippen molar-refractivity contribution in [3.05, 3.63) is 79.5 Å². The van der Waals surface area contributed by atoms with E-state index in [1.54, 1.807) is 35.2 Å². The number of hydrogen-bond donors (Lipinski definition) is 3. The molecule has 2 aromatic heterocycles. The molecule has 2 heterocycles. The summed E-state index contributed by atoms with van der Waals surface area (Å²) < 4.78 is 2.79. The molecule has 1 amide bonds. The van der Waals surface area contributed by atoms with E-state index >= 15 is 0 Å². The lowest BCUT2D eigenvalue weighted by atomic mass is 10.1. The number of anilines is 3. The van der Waals surface area contributed by atoms with Gasteiger partial charge in [0.15, 0.2) is 11.5 Å². The zero-order valence-electron chi connectivity index (χ0n) is 24.8. The van der Waals surface area contributed by atoms with Crippen molar-refractivity contribution >= 4 is 69.5 Å². The maximum Gasteiger partial charge on any atom is 0.297 e. The second-order valence-corrected chi connectivity index (χ2v) is 12.5. The van der Waals surface area contributed by atoms with E-state index in [-0.39, 0.29) is 27.3 Å². The molecule has 0 unspecified atom stereocenters. The Morgan fingerprint density at radius 2 is 1.48 bits per heavy atom. The summed E-state index contributed by atoms with van der Waals surface area (Å²) in [6.07, 6.45) is 18.6. The number of aromatic amines is 1. The molecule has 0 saturated heterocycles. The highest BCUT2D eigenvalue weighted by molar-refractivity contribution is 6.40. The molecule has 0 aliphatic heterocycles. The number of carbonyl (C=O) groups is 1. The molecule has 8 nitrogen and oxygen atoms in total. The van der Waals surface area contributed by atoms with Gasteiger partial charge >= 0.3 is 0 Å². The molecule has 4 rings (SSSR count). The van der Waals surface area contributed by atoms with Gasteiger partial charge in [0.25, 0.3) is 5.56 Å². The van der Waals surface area contributed by atoms with Crippen molar-refractivity contribution in [2.24, 2.45) is 0 Å². The summed E-state index contributed by atoms with van der Waals surface area (Å²) in [5.74, 6) is 0.251. The number of imidazole rings is 1. The Hall–Kier alpha value is -2.91. The molecule has 2 aromatic carbocycles. The number of nitrogens with one attached hydrogen (secondary N) is 3. The second-order valence-electron chi connectivity index (χ2n) is 10.8. The minimum absolute atomic E-state index is 0.0557. The summed E-state index contributed by atoms with van der Waals surface area (Å²) in [6.45, 7) is 2.24. The van der Waals surface area contributed by atoms with E-state index in [1.165, 1.54) is 74.5 Å². The van der Waals surface area contributed by atoms with Crippen LogP contribution in [0, 0.1) is 0 Å². The number of rotatable bonds is 17. The minimum Gasteiger partial charge on any atom is -0.337 e. The van der Waals surface area contributed by atoms with Crippen molar-refractivity contribution in [3.8, 4) is 11.4 Å². The van der Waals surface area contributed by atoms with E-state index in [1.807, 2.05) is 0 Å². The van der Waals surface area contributed by atoms with Gasteiger partial charge in [-0.15, -0.1) is 0 Å². The normalized spacial score (nSPS) is 11.2. The standard InChI is InChI=1S/C32H38Cl4N6O2/c1-2-3-4-5-6-7-8-9-10-11-12-13-28(43)38-23-14-15-24(34)27(20-23)39-31-30(41-17-16-37-21-41)32(44)42(40-31)29-25(35)18-22(33)19-26(29)36/h14-21,39-40H,2-13H2,1H3,(H,38,43). The van der Waals surface area contributed by atoms with Crippen LogP contribution in [0.3, 0.4) is 0 Å². The highest BCUT2D eigenvalue weighted by atomic mass is 35.5. The Kier molecular flexibility index (Phi) is 13.1. The fourth-order valence-electron chi connectivity index (χ4n) is 5.06. The van der Waals surface area contributed by atoms with Gasteiger partial charge in [0, 0.05) is 29.5 Å². The predicted molar refractivity (Wildman–Crippen MR) is 183 cm³/mol. The average molecular weight is 681 g/mol. The number of hydrogen-bond acceptors (Lipinski definition) is 4. The Morgan fingerprint density at radius 1 is 0.841 bits per heavy atom. The lowest BCUT2D eigenvalue weighted by molar-refractivity contribution is -0.116. The molecule has 0 fully saturated rings. The van der Waals surface area contributed by atoms with E-state index < -0.39 is 5.56 Å². The third kappa shape index (κ3) is 9.30. The second kappa shape index (κ2) is 17.0. The number of H-pyrrole nitrogens is 1. The quantitative estimate of drug-likeness (QED) is 0.0968. The van der Waals surface area contributed by atoms with Gasteiger partial charge in [-0.25, -0.2) is 9.67 Å². The molecule has 236 valence electrons. The lowest BCUT2D eigenvalue weighted by Gasteiger charge is -2.12. The zero-order valence-corrected chi connectivity index (χ0v) is 27.8. The van der Waals surface area contributed by atoms with Gasteiger partial charge < -0.3 is 10.6 Å². The fraction of sp³-hybridized carbons (Fsp3) is 0.406. The maximum atomic E-state index is 13.6. The summed E-state index contributed by atoms with van der Waals surface area (Å²) in [7, 11) is 0. The van der Waals surface area contributed by atoms with Crippen LogP contribution in [-0.4, -0.2) is 25.2 Å². The molecule has 12 heteroatoms. The molecular formula is C32H38Cl4N6O2. The summed E-state index contributed by atoms with van der Waals surface area (Å²) >= 11 is 25.5. The fourth-order valence-corrected chi connectivity index (χ4v) is 6.21. The summed E-state index contributed by atoms with van der Waals surface area (Å²) in [5.41, 5.74) is 1.09. The molecule has 0 aliphatic rings. The van der Waals surface area contributed by atoms with Crippen molar-refractivity contribution in [1.29, 1.82) is 0 Å². The molecule has 3 N–H and O–H groups in total. The van der Waals surface area contributed by atoms with E-state index in [4.69, 9.17) is 46.4 Å². The molecule has 44 heavy (non-hydrogen) atoms. The van der Waals surface area contributed by atoms with Crippen LogP contribution in [0.4, 0.5) is 17.2 Å². The molecular weight excluding hydrogens is 642 g/mol. The largest absolute Gasteiger partial charge is 0.337 e. The van der Waals surface area contributed by atoms with Gasteiger partial charge in [-0.3, -0.25) is 19.3 Å². The van der Waals surface area contributed by atoms with Crippen LogP contribution in [0.25, 0.3) is 11.4 Å². The average Bonchev–Trinajstić information content (AvgIpc) is 3.61. The van der Waals surface area contributed by atoms with Gasteiger partial charge in [-0.05, 0) is 36.8 Å². The number of carbonyl (C=O) groups excluding carboxylic acids is 1. The third-order valence-corrected chi connectivity index (χ3v) is 8.48. The highest BCUT2D eigenvalue weighted by Crippen LogP contribution is 2.34. The Morgan fingerprint density at radius 3 is 2.09 bits per heavy atom. The summed E-state index contributed by atoms with van der Waals surface area (Å²) in [6, 6.07) is 8.14. The van der Waals surface area contributed by atoms with Gasteiger partial charge in [0.05, 0.1) is 27.1 Å². The van der Waals surface area contributed by atoms with Gasteiger partial charge in [-0.2, -0.15) is 0 Å². The van der Waals surface area contributed by atoms with Crippen LogP contribution >= 0.6 is 46.4 Å². The van der Waals surface area contributed by atoms with Crippen molar-refractivity contribution in [3.63, 3.8) is 0 Å². The van der Waals surface area contributed by atoms with Gasteiger partial charge in [-0.1, -0.05) is 118 Å². The number of benzene rings is 2. The topological polar surface area (TPSA) is 96.7 Å². The zero-order chi connectivity index (χ0) is 31.5. The molecule has 0 saturated carbocycles. The van der Waals surface area contributed by atoms with E-state index in [0.717, 1.165) is 19.3 Å². The summed E-state index contributed by atoms with van der Waals surface area (Å²) in [4.78, 5) is 30.4. The van der Waals surface area contributed by atoms with Crippen LogP contribution in [0.1, 0.15) is 84.0 Å². The van der Waals surface area contributed by atoms with Crippen molar-refractivity contribution in [2.45, 2.75) is 84.0 Å². The number of nitrogens with zero attached hydrogens (tertiary/aromatic N) is 3. The number of halogens is 4. The first-order valence-electron chi connectivity index (χ1n) is 15.1. The van der Waals surface area contributed by atoms with Crippen LogP contribution in [-0.2, 0) is 4.79 Å². The van der Waals surface area contributed by atoms with Crippen LogP contribution < -0.4 is 16.2 Å². The monoisotopic (exact) mass is 678 g/mol. The molecule has 4 aromatic rings. The molecule has 0 aliphatic carbocycles. The maximum absolute atomic E-state index is 13.6. The van der Waals surface area contributed by atoms with Crippen LogP contribution in [0.5, 0.6) is 0 Å². The Bertz CT molecular complexity index is 1560. The SMILES string of the molecule is CCCCCCCCCCCCCC(=O)Nc1ccc(Cl)c(Nc2[nH]n(-c3c(Cl)cc(Cl)cc3Cl)c(=O)c2-n2ccnc2)c1. The van der Waals surface area contributed by atoms with E-state index in [9.17, 15) is 9.59 Å². The first-order chi connectivity index (χ1) is 21.3. The van der Waals surface area contributed by atoms with Gasteiger partial charge in [0.2, 0.25) is 5.91 Å². The summed E-state index contributed by atoms with van der Waals surface area (Å²) in [5, 5.41) is 10.3. The van der Waals surface area contributed by atoms with Crippen LogP contribution in [0.15, 0.2) is 53.8 Å². The van der Waals surface area contributed by atoms with Crippen molar-refractivity contribution < 1.29 is 4.79 Å². The molecule has 0 spiro atoms. The number of aromatic nitrogens is 4. The van der Waals surface area contributed by atoms with Crippen molar-refractivity contribution in [2.75, 3.05) is 10.6 Å².